The van der Waals surface area contributed by atoms with Gasteiger partial charge in [-0.15, -0.1) is 0 Å². The maximum atomic E-state index is 13.7. The summed E-state index contributed by atoms with van der Waals surface area (Å²) in [7, 11) is 0. The normalized spacial score (nSPS) is 16.0. The number of pyridine rings is 1. The van der Waals surface area contributed by atoms with Gasteiger partial charge in [-0.05, 0) is 19.9 Å². The number of carbonyl (C=O) groups is 1. The molecular weight excluding hydrogens is 290 g/mol. The van der Waals surface area contributed by atoms with E-state index in [1.54, 1.807) is 0 Å². The standard InChI is InChI=1S/C13H15F4N3O/c1-7(2)19-12(21)8-5-20(6-8)11-10(14)3-9(4-18-11)13(15,16)17/h3-4,7-8H,5-6H2,1-2H3,(H,19,21). The molecular formula is C13H15F4N3O. The lowest BCUT2D eigenvalue weighted by Crippen LogP contribution is -2.55. The van der Waals surface area contributed by atoms with Gasteiger partial charge in [-0.3, -0.25) is 4.79 Å². The molecule has 2 rings (SSSR count). The van der Waals surface area contributed by atoms with Crippen LogP contribution < -0.4 is 10.2 Å². The van der Waals surface area contributed by atoms with E-state index in [9.17, 15) is 22.4 Å². The van der Waals surface area contributed by atoms with E-state index in [1.165, 1.54) is 4.90 Å². The Morgan fingerprint density at radius 1 is 1.43 bits per heavy atom. The van der Waals surface area contributed by atoms with E-state index in [-0.39, 0.29) is 36.8 Å². The molecule has 1 aliphatic rings. The molecule has 0 bridgehead atoms. The van der Waals surface area contributed by atoms with E-state index in [0.29, 0.717) is 12.3 Å². The SMILES string of the molecule is CC(C)NC(=O)C1CN(c2ncc(C(F)(F)F)cc2F)C1. The summed E-state index contributed by atoms with van der Waals surface area (Å²) < 4.78 is 50.9. The summed E-state index contributed by atoms with van der Waals surface area (Å²) in [6, 6.07) is 0.427. The van der Waals surface area contributed by atoms with Gasteiger partial charge in [0.2, 0.25) is 5.91 Å². The van der Waals surface area contributed by atoms with Crippen molar-refractivity contribution in [2.45, 2.75) is 26.1 Å². The second-order valence-electron chi connectivity index (χ2n) is 5.29. The van der Waals surface area contributed by atoms with Gasteiger partial charge in [0.25, 0.3) is 0 Å². The zero-order chi connectivity index (χ0) is 15.8. The third kappa shape index (κ3) is 3.43. The summed E-state index contributed by atoms with van der Waals surface area (Å²) in [5, 5.41) is 2.73. The lowest BCUT2D eigenvalue weighted by atomic mass is 9.98. The van der Waals surface area contributed by atoms with Crippen molar-refractivity contribution in [3.63, 3.8) is 0 Å². The number of aromatic nitrogens is 1. The molecule has 1 aliphatic heterocycles. The minimum atomic E-state index is -4.62. The average Bonchev–Trinajstić information content (AvgIpc) is 2.26. The van der Waals surface area contributed by atoms with Crippen molar-refractivity contribution < 1.29 is 22.4 Å². The third-order valence-corrected chi connectivity index (χ3v) is 3.13. The minimum Gasteiger partial charge on any atom is -0.354 e. The van der Waals surface area contributed by atoms with E-state index in [0.717, 1.165) is 0 Å². The number of amides is 1. The van der Waals surface area contributed by atoms with Crippen LogP contribution in [0.3, 0.4) is 0 Å². The summed E-state index contributed by atoms with van der Waals surface area (Å²) in [6.45, 7) is 4.14. The van der Waals surface area contributed by atoms with Crippen molar-refractivity contribution in [1.29, 1.82) is 0 Å². The maximum Gasteiger partial charge on any atom is 0.417 e. The molecule has 0 radical (unpaired) electrons. The second kappa shape index (κ2) is 5.50. The Hall–Kier alpha value is -1.86. The largest absolute Gasteiger partial charge is 0.417 e. The van der Waals surface area contributed by atoms with Crippen LogP contribution in [0.15, 0.2) is 12.3 Å². The third-order valence-electron chi connectivity index (χ3n) is 3.13. The summed E-state index contributed by atoms with van der Waals surface area (Å²) in [5.74, 6) is -1.63. The molecule has 21 heavy (non-hydrogen) atoms. The van der Waals surface area contributed by atoms with Crippen LogP contribution in [0.1, 0.15) is 19.4 Å². The minimum absolute atomic E-state index is 0.00693. The first-order valence-corrected chi connectivity index (χ1v) is 6.46. The molecule has 0 unspecified atom stereocenters. The molecule has 1 aromatic heterocycles. The number of hydrogen-bond acceptors (Lipinski definition) is 3. The fourth-order valence-electron chi connectivity index (χ4n) is 2.04. The molecule has 116 valence electrons. The van der Waals surface area contributed by atoms with Gasteiger partial charge in [-0.2, -0.15) is 13.2 Å². The molecule has 1 aromatic rings. The quantitative estimate of drug-likeness (QED) is 0.871. The Kier molecular flexibility index (Phi) is 4.06. The summed E-state index contributed by atoms with van der Waals surface area (Å²) >= 11 is 0. The molecule has 4 nitrogen and oxygen atoms in total. The Bertz CT molecular complexity index is 539. The predicted octanol–water partition coefficient (Wildman–Crippen LogP) is 2.20. The first kappa shape index (κ1) is 15.5. The molecule has 1 amide bonds. The number of alkyl halides is 3. The predicted molar refractivity (Wildman–Crippen MR) is 68.2 cm³/mol. The summed E-state index contributed by atoms with van der Waals surface area (Å²) in [5.41, 5.74) is -1.13. The first-order valence-electron chi connectivity index (χ1n) is 6.46. The lowest BCUT2D eigenvalue weighted by molar-refractivity contribution is -0.138. The van der Waals surface area contributed by atoms with Gasteiger partial charge in [0, 0.05) is 25.3 Å². The van der Waals surface area contributed by atoms with Crippen LogP contribution in [-0.2, 0) is 11.0 Å². The number of anilines is 1. The number of nitrogens with zero attached hydrogens (tertiary/aromatic N) is 2. The molecule has 0 aromatic carbocycles. The van der Waals surface area contributed by atoms with Crippen LogP contribution in [-0.4, -0.2) is 30.0 Å². The number of rotatable bonds is 3. The van der Waals surface area contributed by atoms with Gasteiger partial charge >= 0.3 is 6.18 Å². The number of halogens is 4. The Balaban J connectivity index is 2.01. The highest BCUT2D eigenvalue weighted by atomic mass is 19.4. The maximum absolute atomic E-state index is 13.7. The molecule has 1 fully saturated rings. The van der Waals surface area contributed by atoms with Crippen LogP contribution in [0.5, 0.6) is 0 Å². The van der Waals surface area contributed by atoms with Gasteiger partial charge in [-0.25, -0.2) is 9.37 Å². The topological polar surface area (TPSA) is 45.2 Å². The fourth-order valence-corrected chi connectivity index (χ4v) is 2.04. The van der Waals surface area contributed by atoms with E-state index in [4.69, 9.17) is 0 Å². The van der Waals surface area contributed by atoms with Gasteiger partial charge < -0.3 is 10.2 Å². The zero-order valence-corrected chi connectivity index (χ0v) is 11.5. The number of nitrogens with one attached hydrogen (secondary N) is 1. The Morgan fingerprint density at radius 3 is 2.52 bits per heavy atom. The Morgan fingerprint density at radius 2 is 2.05 bits per heavy atom. The fraction of sp³-hybridized carbons (Fsp3) is 0.538. The molecule has 1 N–H and O–H groups in total. The van der Waals surface area contributed by atoms with E-state index in [1.807, 2.05) is 13.8 Å². The van der Waals surface area contributed by atoms with Crippen molar-refractivity contribution in [1.82, 2.24) is 10.3 Å². The van der Waals surface area contributed by atoms with Crippen molar-refractivity contribution in [3.8, 4) is 0 Å². The van der Waals surface area contributed by atoms with Crippen LogP contribution in [0, 0.1) is 11.7 Å². The molecule has 0 atom stereocenters. The smallest absolute Gasteiger partial charge is 0.354 e. The van der Waals surface area contributed by atoms with Crippen LogP contribution >= 0.6 is 0 Å². The van der Waals surface area contributed by atoms with Gasteiger partial charge in [0.1, 0.15) is 0 Å². The van der Waals surface area contributed by atoms with E-state index >= 15 is 0 Å². The van der Waals surface area contributed by atoms with Crippen molar-refractivity contribution in [2.75, 3.05) is 18.0 Å². The van der Waals surface area contributed by atoms with E-state index < -0.39 is 17.6 Å². The average molecular weight is 305 g/mol. The van der Waals surface area contributed by atoms with Crippen molar-refractivity contribution in [3.05, 3.63) is 23.6 Å². The molecule has 8 heteroatoms. The van der Waals surface area contributed by atoms with Gasteiger partial charge in [-0.1, -0.05) is 0 Å². The molecule has 0 aliphatic carbocycles. The molecule has 1 saturated heterocycles. The lowest BCUT2D eigenvalue weighted by Gasteiger charge is -2.39. The highest BCUT2D eigenvalue weighted by Crippen LogP contribution is 2.32. The first-order chi connectivity index (χ1) is 9.68. The second-order valence-corrected chi connectivity index (χ2v) is 5.29. The van der Waals surface area contributed by atoms with Crippen LogP contribution in [0.25, 0.3) is 0 Å². The summed E-state index contributed by atoms with van der Waals surface area (Å²) in [4.78, 5) is 16.6. The van der Waals surface area contributed by atoms with Gasteiger partial charge in [0.05, 0.1) is 11.5 Å². The Labute approximate surface area is 119 Å². The van der Waals surface area contributed by atoms with Gasteiger partial charge in [0.15, 0.2) is 11.6 Å². The van der Waals surface area contributed by atoms with E-state index in [2.05, 4.69) is 10.3 Å². The zero-order valence-electron chi connectivity index (χ0n) is 11.5. The van der Waals surface area contributed by atoms with Crippen LogP contribution in [0.2, 0.25) is 0 Å². The highest BCUT2D eigenvalue weighted by Gasteiger charge is 2.37. The molecule has 0 saturated carbocycles. The van der Waals surface area contributed by atoms with Crippen molar-refractivity contribution in [2.24, 2.45) is 5.92 Å². The monoisotopic (exact) mass is 305 g/mol. The van der Waals surface area contributed by atoms with Crippen molar-refractivity contribution >= 4 is 11.7 Å². The number of hydrogen-bond donors (Lipinski definition) is 1. The molecule has 2 heterocycles. The molecule has 0 spiro atoms. The summed E-state index contributed by atoms with van der Waals surface area (Å²) in [6.07, 6.45) is -4.03. The number of carbonyl (C=O) groups excluding carboxylic acids is 1. The van der Waals surface area contributed by atoms with Crippen LogP contribution in [0.4, 0.5) is 23.4 Å². The highest BCUT2D eigenvalue weighted by molar-refractivity contribution is 5.82.